The van der Waals surface area contributed by atoms with Gasteiger partial charge in [-0.05, 0) is 38.3 Å². The highest BCUT2D eigenvalue weighted by atomic mass is 15.2. The molecule has 0 bridgehead atoms. The second kappa shape index (κ2) is 7.20. The van der Waals surface area contributed by atoms with Gasteiger partial charge < -0.3 is 16.0 Å². The Morgan fingerprint density at radius 1 is 1.47 bits per heavy atom. The second-order valence-corrected chi connectivity index (χ2v) is 5.07. The fraction of sp³-hybridized carbons (Fsp3) is 1.00. The molecule has 15 heavy (non-hydrogen) atoms. The number of rotatable bonds is 6. The summed E-state index contributed by atoms with van der Waals surface area (Å²) in [7, 11) is 0. The molecule has 0 amide bonds. The van der Waals surface area contributed by atoms with Crippen LogP contribution in [-0.2, 0) is 0 Å². The maximum Gasteiger partial charge on any atom is 0.0195 e. The largest absolute Gasteiger partial charge is 0.329 e. The number of hydrogen-bond acceptors (Lipinski definition) is 3. The molecule has 90 valence electrons. The SMILES string of the molecule is CC(C)CCNC1CCCN(CCN)C1. The molecule has 0 radical (unpaired) electrons. The standard InChI is InChI=1S/C12H27N3/c1-11(2)5-7-14-12-4-3-8-15(10-12)9-6-13/h11-12,14H,3-10,13H2,1-2H3. The first kappa shape index (κ1) is 12.9. The summed E-state index contributed by atoms with van der Waals surface area (Å²) in [6, 6.07) is 0.698. The third-order valence-electron chi connectivity index (χ3n) is 3.11. The maximum absolute atomic E-state index is 5.58. The predicted molar refractivity (Wildman–Crippen MR) is 66.0 cm³/mol. The number of likely N-dealkylation sites (tertiary alicyclic amines) is 1. The van der Waals surface area contributed by atoms with Gasteiger partial charge in [0.15, 0.2) is 0 Å². The van der Waals surface area contributed by atoms with Crippen molar-refractivity contribution in [3.8, 4) is 0 Å². The van der Waals surface area contributed by atoms with Crippen LogP contribution in [0.4, 0.5) is 0 Å². The molecule has 1 aliphatic rings. The van der Waals surface area contributed by atoms with E-state index in [1.165, 1.54) is 38.9 Å². The summed E-state index contributed by atoms with van der Waals surface area (Å²) in [6.07, 6.45) is 3.94. The second-order valence-electron chi connectivity index (χ2n) is 5.07. The van der Waals surface area contributed by atoms with Crippen LogP contribution in [0, 0.1) is 5.92 Å². The van der Waals surface area contributed by atoms with Crippen LogP contribution < -0.4 is 11.1 Å². The van der Waals surface area contributed by atoms with Crippen molar-refractivity contribution in [2.75, 3.05) is 32.7 Å². The summed E-state index contributed by atoms with van der Waals surface area (Å²) in [6.45, 7) is 10.0. The van der Waals surface area contributed by atoms with Crippen molar-refractivity contribution in [1.82, 2.24) is 10.2 Å². The van der Waals surface area contributed by atoms with Gasteiger partial charge in [0.25, 0.3) is 0 Å². The first-order valence-corrected chi connectivity index (χ1v) is 6.38. The van der Waals surface area contributed by atoms with Crippen molar-refractivity contribution in [3.05, 3.63) is 0 Å². The molecule has 1 heterocycles. The zero-order valence-electron chi connectivity index (χ0n) is 10.3. The van der Waals surface area contributed by atoms with Crippen molar-refractivity contribution in [1.29, 1.82) is 0 Å². The normalized spacial score (nSPS) is 23.6. The Kier molecular flexibility index (Phi) is 6.22. The topological polar surface area (TPSA) is 41.3 Å². The number of nitrogens with one attached hydrogen (secondary N) is 1. The molecule has 1 aliphatic heterocycles. The van der Waals surface area contributed by atoms with E-state index in [4.69, 9.17) is 5.73 Å². The molecule has 1 rings (SSSR count). The van der Waals surface area contributed by atoms with Crippen molar-refractivity contribution in [2.45, 2.75) is 39.2 Å². The Labute approximate surface area is 94.4 Å². The van der Waals surface area contributed by atoms with Gasteiger partial charge in [-0.3, -0.25) is 0 Å². The molecule has 1 unspecified atom stereocenters. The van der Waals surface area contributed by atoms with Crippen LogP contribution in [0.5, 0.6) is 0 Å². The minimum atomic E-state index is 0.698. The maximum atomic E-state index is 5.58. The summed E-state index contributed by atoms with van der Waals surface area (Å²) in [4.78, 5) is 2.48. The van der Waals surface area contributed by atoms with E-state index < -0.39 is 0 Å². The first-order valence-electron chi connectivity index (χ1n) is 6.38. The van der Waals surface area contributed by atoms with Gasteiger partial charge in [-0.1, -0.05) is 13.8 Å². The Balaban J connectivity index is 2.12. The lowest BCUT2D eigenvalue weighted by molar-refractivity contribution is 0.194. The zero-order chi connectivity index (χ0) is 11.1. The van der Waals surface area contributed by atoms with E-state index in [1.807, 2.05) is 0 Å². The Bertz CT molecular complexity index is 157. The van der Waals surface area contributed by atoms with Gasteiger partial charge >= 0.3 is 0 Å². The highest BCUT2D eigenvalue weighted by molar-refractivity contribution is 4.78. The van der Waals surface area contributed by atoms with Crippen molar-refractivity contribution >= 4 is 0 Å². The molecule has 1 fully saturated rings. The van der Waals surface area contributed by atoms with Gasteiger partial charge in [0.05, 0.1) is 0 Å². The molecule has 1 saturated heterocycles. The third-order valence-corrected chi connectivity index (χ3v) is 3.11. The summed E-state index contributed by atoms with van der Waals surface area (Å²) >= 11 is 0. The predicted octanol–water partition coefficient (Wildman–Crippen LogP) is 1.05. The van der Waals surface area contributed by atoms with Gasteiger partial charge in [0.2, 0.25) is 0 Å². The summed E-state index contributed by atoms with van der Waals surface area (Å²) < 4.78 is 0. The molecule has 1 atom stereocenters. The smallest absolute Gasteiger partial charge is 0.0195 e. The molecule has 0 saturated carbocycles. The van der Waals surface area contributed by atoms with Crippen molar-refractivity contribution in [3.63, 3.8) is 0 Å². The number of nitrogens with two attached hydrogens (primary N) is 1. The van der Waals surface area contributed by atoms with Crippen LogP contribution >= 0.6 is 0 Å². The van der Waals surface area contributed by atoms with Gasteiger partial charge in [0, 0.05) is 25.7 Å². The number of piperidine rings is 1. The minimum absolute atomic E-state index is 0.698. The third kappa shape index (κ3) is 5.50. The molecular formula is C12H27N3. The highest BCUT2D eigenvalue weighted by Gasteiger charge is 2.18. The van der Waals surface area contributed by atoms with Crippen LogP contribution in [-0.4, -0.2) is 43.7 Å². The Morgan fingerprint density at radius 2 is 2.27 bits per heavy atom. The number of nitrogens with zero attached hydrogens (tertiary/aromatic N) is 1. The molecule has 3 nitrogen and oxygen atoms in total. The zero-order valence-corrected chi connectivity index (χ0v) is 10.3. The molecular weight excluding hydrogens is 186 g/mol. The van der Waals surface area contributed by atoms with Crippen molar-refractivity contribution in [2.24, 2.45) is 11.7 Å². The number of hydrogen-bond donors (Lipinski definition) is 2. The van der Waals surface area contributed by atoms with Gasteiger partial charge in [0.1, 0.15) is 0 Å². The monoisotopic (exact) mass is 213 g/mol. The quantitative estimate of drug-likeness (QED) is 0.693. The lowest BCUT2D eigenvalue weighted by Crippen LogP contribution is -2.47. The minimum Gasteiger partial charge on any atom is -0.329 e. The van der Waals surface area contributed by atoms with Gasteiger partial charge in [-0.25, -0.2) is 0 Å². The van der Waals surface area contributed by atoms with E-state index in [9.17, 15) is 0 Å². The molecule has 0 aliphatic carbocycles. The van der Waals surface area contributed by atoms with E-state index in [1.54, 1.807) is 0 Å². The van der Waals surface area contributed by atoms with E-state index in [2.05, 4.69) is 24.1 Å². The Hall–Kier alpha value is -0.120. The van der Waals surface area contributed by atoms with E-state index >= 15 is 0 Å². The lowest BCUT2D eigenvalue weighted by atomic mass is 10.0. The molecule has 0 aromatic rings. The first-order chi connectivity index (χ1) is 7.22. The fourth-order valence-electron chi connectivity index (χ4n) is 2.18. The average molecular weight is 213 g/mol. The average Bonchev–Trinajstić information content (AvgIpc) is 2.18. The van der Waals surface area contributed by atoms with Crippen LogP contribution in [0.3, 0.4) is 0 Å². The van der Waals surface area contributed by atoms with Crippen molar-refractivity contribution < 1.29 is 0 Å². The van der Waals surface area contributed by atoms with E-state index in [0.29, 0.717) is 6.04 Å². The molecule has 3 N–H and O–H groups in total. The van der Waals surface area contributed by atoms with Gasteiger partial charge in [-0.15, -0.1) is 0 Å². The van der Waals surface area contributed by atoms with E-state index in [-0.39, 0.29) is 0 Å². The highest BCUT2D eigenvalue weighted by Crippen LogP contribution is 2.09. The van der Waals surface area contributed by atoms with E-state index in [0.717, 1.165) is 19.0 Å². The molecule has 0 aromatic heterocycles. The summed E-state index contributed by atoms with van der Waals surface area (Å²) in [5, 5.41) is 3.66. The molecule has 3 heteroatoms. The summed E-state index contributed by atoms with van der Waals surface area (Å²) in [5.74, 6) is 0.807. The molecule has 0 spiro atoms. The lowest BCUT2D eigenvalue weighted by Gasteiger charge is -2.33. The fourth-order valence-corrected chi connectivity index (χ4v) is 2.18. The Morgan fingerprint density at radius 3 is 2.93 bits per heavy atom. The summed E-state index contributed by atoms with van der Waals surface area (Å²) in [5.41, 5.74) is 5.58. The van der Waals surface area contributed by atoms with Crippen LogP contribution in [0.2, 0.25) is 0 Å². The van der Waals surface area contributed by atoms with Crippen LogP contribution in [0.1, 0.15) is 33.1 Å². The van der Waals surface area contributed by atoms with Crippen LogP contribution in [0.25, 0.3) is 0 Å². The van der Waals surface area contributed by atoms with Crippen LogP contribution in [0.15, 0.2) is 0 Å². The van der Waals surface area contributed by atoms with Gasteiger partial charge in [-0.2, -0.15) is 0 Å². The molecule has 0 aromatic carbocycles.